The second kappa shape index (κ2) is 5.62. The van der Waals surface area contributed by atoms with Gasteiger partial charge < -0.3 is 15.3 Å². The Morgan fingerprint density at radius 3 is 2.80 bits per heavy atom. The van der Waals surface area contributed by atoms with Crippen LogP contribution in [-0.2, 0) is 0 Å². The summed E-state index contributed by atoms with van der Waals surface area (Å²) in [6.07, 6.45) is 0.307. The molecule has 1 aliphatic heterocycles. The van der Waals surface area contributed by atoms with Crippen molar-refractivity contribution < 1.29 is 9.90 Å². The Hall–Kier alpha value is -1.26. The smallest absolute Gasteiger partial charge is 0.404 e. The third-order valence-electron chi connectivity index (χ3n) is 4.64. The quantitative estimate of drug-likeness (QED) is 0.897. The van der Waals surface area contributed by atoms with E-state index in [9.17, 15) is 4.79 Å². The number of halogens is 1. The van der Waals surface area contributed by atoms with Crippen molar-refractivity contribution in [3.05, 3.63) is 34.9 Å². The number of likely N-dealkylation sites (tertiary alicyclic amines) is 1. The number of carbonyl (C=O) groups is 1. The van der Waals surface area contributed by atoms with Gasteiger partial charge in [0.05, 0.1) is 0 Å². The SMILES string of the molecule is O=C(O)NCCN1CC2CC(c3ccc(Cl)cc3)C2C1. The van der Waals surface area contributed by atoms with E-state index in [4.69, 9.17) is 16.7 Å². The summed E-state index contributed by atoms with van der Waals surface area (Å²) < 4.78 is 0. The van der Waals surface area contributed by atoms with E-state index >= 15 is 0 Å². The molecular formula is C15H19ClN2O2. The highest BCUT2D eigenvalue weighted by Crippen LogP contribution is 2.51. The molecule has 2 aliphatic rings. The van der Waals surface area contributed by atoms with E-state index in [2.05, 4.69) is 22.3 Å². The maximum atomic E-state index is 10.4. The Morgan fingerprint density at radius 2 is 2.10 bits per heavy atom. The average molecular weight is 295 g/mol. The minimum atomic E-state index is -0.939. The van der Waals surface area contributed by atoms with Crippen molar-refractivity contribution in [3.63, 3.8) is 0 Å². The van der Waals surface area contributed by atoms with Gasteiger partial charge in [0, 0.05) is 31.2 Å². The van der Waals surface area contributed by atoms with Crippen molar-refractivity contribution in [2.75, 3.05) is 26.2 Å². The lowest BCUT2D eigenvalue weighted by atomic mass is 9.64. The number of hydrogen-bond acceptors (Lipinski definition) is 2. The maximum absolute atomic E-state index is 10.4. The number of benzene rings is 1. The lowest BCUT2D eigenvalue weighted by molar-refractivity contribution is 0.190. The highest BCUT2D eigenvalue weighted by Gasteiger charge is 2.47. The fourth-order valence-electron chi connectivity index (χ4n) is 3.60. The molecule has 0 aromatic heterocycles. The summed E-state index contributed by atoms with van der Waals surface area (Å²) in [6, 6.07) is 8.21. The first-order chi connectivity index (χ1) is 9.63. The molecule has 4 nitrogen and oxygen atoms in total. The molecule has 3 atom stereocenters. The van der Waals surface area contributed by atoms with Gasteiger partial charge >= 0.3 is 6.09 Å². The molecule has 1 amide bonds. The number of nitrogens with zero attached hydrogens (tertiary/aromatic N) is 1. The number of carboxylic acid groups (broad SMARTS) is 1. The number of amides is 1. The summed E-state index contributed by atoms with van der Waals surface area (Å²) in [7, 11) is 0. The summed E-state index contributed by atoms with van der Waals surface area (Å²) >= 11 is 5.93. The molecule has 5 heteroatoms. The Labute approximate surface area is 123 Å². The van der Waals surface area contributed by atoms with E-state index in [1.165, 1.54) is 12.0 Å². The predicted octanol–water partition coefficient (Wildman–Crippen LogP) is 2.64. The van der Waals surface area contributed by atoms with Crippen molar-refractivity contribution in [3.8, 4) is 0 Å². The predicted molar refractivity (Wildman–Crippen MR) is 78.3 cm³/mol. The van der Waals surface area contributed by atoms with Gasteiger partial charge in [0.25, 0.3) is 0 Å². The molecule has 1 aliphatic carbocycles. The van der Waals surface area contributed by atoms with Crippen LogP contribution in [0, 0.1) is 11.8 Å². The van der Waals surface area contributed by atoms with Crippen LogP contribution in [0.15, 0.2) is 24.3 Å². The van der Waals surface area contributed by atoms with Crippen molar-refractivity contribution >= 4 is 17.7 Å². The number of rotatable bonds is 4. The van der Waals surface area contributed by atoms with E-state index < -0.39 is 6.09 Å². The normalized spacial score (nSPS) is 28.8. The Bertz CT molecular complexity index is 491. The lowest BCUT2D eigenvalue weighted by Crippen LogP contribution is -2.33. The summed E-state index contributed by atoms with van der Waals surface area (Å²) in [5.74, 6) is 2.15. The van der Waals surface area contributed by atoms with Gasteiger partial charge in [-0.25, -0.2) is 4.79 Å². The number of nitrogens with one attached hydrogen (secondary N) is 1. The standard InChI is InChI=1S/C15H19ClN2O2/c16-12-3-1-10(2-4-12)13-7-11-8-18(9-14(11)13)6-5-17-15(19)20/h1-4,11,13-14,17H,5-9H2,(H,19,20). The van der Waals surface area contributed by atoms with Crippen LogP contribution in [0.4, 0.5) is 4.79 Å². The Kier molecular flexibility index (Phi) is 3.85. The molecule has 3 unspecified atom stereocenters. The molecule has 0 radical (unpaired) electrons. The van der Waals surface area contributed by atoms with Crippen LogP contribution in [-0.4, -0.2) is 42.3 Å². The Morgan fingerprint density at radius 1 is 1.35 bits per heavy atom. The molecule has 1 aromatic rings. The first kappa shape index (κ1) is 13.7. The van der Waals surface area contributed by atoms with Gasteiger partial charge in [-0.2, -0.15) is 0 Å². The summed E-state index contributed by atoms with van der Waals surface area (Å²) in [5, 5.41) is 11.8. The highest BCUT2D eigenvalue weighted by atomic mass is 35.5. The Balaban J connectivity index is 1.52. The van der Waals surface area contributed by atoms with Crippen LogP contribution >= 0.6 is 11.6 Å². The van der Waals surface area contributed by atoms with Crippen LogP contribution in [0.3, 0.4) is 0 Å². The maximum Gasteiger partial charge on any atom is 0.404 e. The van der Waals surface area contributed by atoms with E-state index in [1.54, 1.807) is 0 Å². The molecule has 2 fully saturated rings. The second-order valence-corrected chi connectivity index (χ2v) is 6.25. The third kappa shape index (κ3) is 2.76. The molecule has 0 spiro atoms. The van der Waals surface area contributed by atoms with Crippen LogP contribution < -0.4 is 5.32 Å². The zero-order valence-corrected chi connectivity index (χ0v) is 12.0. The molecular weight excluding hydrogens is 276 g/mol. The van der Waals surface area contributed by atoms with Gasteiger partial charge in [-0.3, -0.25) is 0 Å². The van der Waals surface area contributed by atoms with Crippen LogP contribution in [0.5, 0.6) is 0 Å². The average Bonchev–Trinajstić information content (AvgIpc) is 2.70. The van der Waals surface area contributed by atoms with Crippen LogP contribution in [0.25, 0.3) is 0 Å². The van der Waals surface area contributed by atoms with Gasteiger partial charge in [-0.15, -0.1) is 0 Å². The van der Waals surface area contributed by atoms with Gasteiger partial charge in [0.2, 0.25) is 0 Å². The van der Waals surface area contributed by atoms with E-state index in [-0.39, 0.29) is 0 Å². The number of hydrogen-bond donors (Lipinski definition) is 2. The van der Waals surface area contributed by atoms with E-state index in [1.807, 2.05) is 12.1 Å². The van der Waals surface area contributed by atoms with E-state index in [0.29, 0.717) is 12.5 Å². The summed E-state index contributed by atoms with van der Waals surface area (Å²) in [5.41, 5.74) is 1.39. The fourth-order valence-corrected chi connectivity index (χ4v) is 3.72. The second-order valence-electron chi connectivity index (χ2n) is 5.81. The molecule has 2 N–H and O–H groups in total. The molecule has 0 bridgehead atoms. The lowest BCUT2D eigenvalue weighted by Gasteiger charge is -2.40. The van der Waals surface area contributed by atoms with Crippen molar-refractivity contribution in [2.45, 2.75) is 12.3 Å². The zero-order valence-electron chi connectivity index (χ0n) is 11.3. The van der Waals surface area contributed by atoms with Crippen molar-refractivity contribution in [2.24, 2.45) is 11.8 Å². The van der Waals surface area contributed by atoms with Crippen LogP contribution in [0.1, 0.15) is 17.9 Å². The summed E-state index contributed by atoms with van der Waals surface area (Å²) in [4.78, 5) is 12.8. The minimum absolute atomic E-state index is 0.514. The monoisotopic (exact) mass is 294 g/mol. The molecule has 108 valence electrons. The summed E-state index contributed by atoms with van der Waals surface area (Å²) in [6.45, 7) is 3.52. The van der Waals surface area contributed by atoms with E-state index in [0.717, 1.165) is 36.5 Å². The van der Waals surface area contributed by atoms with Gasteiger partial charge in [0.1, 0.15) is 0 Å². The topological polar surface area (TPSA) is 52.6 Å². The minimum Gasteiger partial charge on any atom is -0.465 e. The van der Waals surface area contributed by atoms with Crippen LogP contribution in [0.2, 0.25) is 5.02 Å². The first-order valence-electron chi connectivity index (χ1n) is 7.08. The first-order valence-corrected chi connectivity index (χ1v) is 7.46. The number of fused-ring (bicyclic) bond motifs is 1. The zero-order chi connectivity index (χ0) is 14.1. The molecule has 3 rings (SSSR count). The third-order valence-corrected chi connectivity index (χ3v) is 4.90. The van der Waals surface area contributed by atoms with Gasteiger partial charge in [0.15, 0.2) is 0 Å². The molecule has 1 saturated heterocycles. The van der Waals surface area contributed by atoms with Gasteiger partial charge in [-0.1, -0.05) is 23.7 Å². The molecule has 1 saturated carbocycles. The molecule has 1 heterocycles. The van der Waals surface area contributed by atoms with Crippen molar-refractivity contribution in [1.29, 1.82) is 0 Å². The largest absolute Gasteiger partial charge is 0.465 e. The van der Waals surface area contributed by atoms with Gasteiger partial charge in [-0.05, 0) is 41.9 Å². The fraction of sp³-hybridized carbons (Fsp3) is 0.533. The van der Waals surface area contributed by atoms with Crippen molar-refractivity contribution in [1.82, 2.24) is 10.2 Å². The molecule has 1 aromatic carbocycles. The molecule has 20 heavy (non-hydrogen) atoms. The highest BCUT2D eigenvalue weighted by molar-refractivity contribution is 6.30.